The minimum absolute atomic E-state index is 0.0481. The summed E-state index contributed by atoms with van der Waals surface area (Å²) in [6.45, 7) is -0.207. The third kappa shape index (κ3) is 5.95. The Labute approximate surface area is 224 Å². The highest BCUT2D eigenvalue weighted by Gasteiger charge is 2.36. The molecule has 4 aromatic rings. The maximum absolute atomic E-state index is 13.7. The largest absolute Gasteiger partial charge is 0.493 e. The van der Waals surface area contributed by atoms with Crippen LogP contribution in [-0.4, -0.2) is 57.2 Å². The zero-order chi connectivity index (χ0) is 27.2. The first kappa shape index (κ1) is 26.0. The molecule has 1 aliphatic carbocycles. The zero-order valence-corrected chi connectivity index (χ0v) is 21.8. The summed E-state index contributed by atoms with van der Waals surface area (Å²) in [7, 11) is 3.09. The van der Waals surface area contributed by atoms with E-state index < -0.39 is 11.9 Å². The fourth-order valence-corrected chi connectivity index (χ4v) is 4.73. The molecule has 1 N–H and O–H groups in total. The minimum atomic E-state index is -1.01. The van der Waals surface area contributed by atoms with Gasteiger partial charge in [-0.05, 0) is 60.5 Å². The minimum Gasteiger partial charge on any atom is -0.493 e. The summed E-state index contributed by atoms with van der Waals surface area (Å²) in [6.07, 6.45) is 6.94. The van der Waals surface area contributed by atoms with Crippen LogP contribution in [0.25, 0.3) is 11.4 Å². The molecule has 12 nitrogen and oxygen atoms in total. The normalized spacial score (nSPS) is 14.2. The number of nitrogens with zero attached hydrogens (tertiary/aromatic N) is 5. The molecule has 0 aliphatic heterocycles. The van der Waals surface area contributed by atoms with Gasteiger partial charge < -0.3 is 28.5 Å². The van der Waals surface area contributed by atoms with E-state index in [1.807, 2.05) is 0 Å². The van der Waals surface area contributed by atoms with Gasteiger partial charge in [-0.3, -0.25) is 9.59 Å². The number of methoxy groups -OCH3 is 2. The molecule has 0 saturated heterocycles. The van der Waals surface area contributed by atoms with E-state index in [2.05, 4.69) is 20.7 Å². The first-order chi connectivity index (χ1) is 19.1. The molecule has 39 heavy (non-hydrogen) atoms. The Hall–Kier alpha value is -4.61. The van der Waals surface area contributed by atoms with Gasteiger partial charge in [0.05, 0.1) is 33.3 Å². The third-order valence-electron chi connectivity index (χ3n) is 6.67. The lowest BCUT2D eigenvalue weighted by Gasteiger charge is -2.30. The van der Waals surface area contributed by atoms with Crippen molar-refractivity contribution in [2.24, 2.45) is 0 Å². The van der Waals surface area contributed by atoms with Crippen molar-refractivity contribution in [2.75, 3.05) is 14.2 Å². The second-order valence-corrected chi connectivity index (χ2v) is 9.22. The molecule has 0 spiro atoms. The van der Waals surface area contributed by atoms with Crippen LogP contribution in [0.5, 0.6) is 11.5 Å². The Morgan fingerprint density at radius 2 is 1.85 bits per heavy atom. The maximum Gasteiger partial charge on any atom is 0.250 e. The van der Waals surface area contributed by atoms with E-state index in [4.69, 9.17) is 18.3 Å². The molecule has 1 aliphatic rings. The number of benzene rings is 1. The summed E-state index contributed by atoms with van der Waals surface area (Å²) >= 11 is 0. The highest BCUT2D eigenvalue weighted by Crippen LogP contribution is 2.31. The predicted octanol–water partition coefficient (Wildman–Crippen LogP) is 3.37. The van der Waals surface area contributed by atoms with Gasteiger partial charge in [0.15, 0.2) is 17.5 Å². The Kier molecular flexibility index (Phi) is 7.90. The van der Waals surface area contributed by atoms with Crippen LogP contribution >= 0.6 is 0 Å². The average molecular weight is 535 g/mol. The molecule has 1 fully saturated rings. The van der Waals surface area contributed by atoms with E-state index in [0.29, 0.717) is 34.4 Å². The van der Waals surface area contributed by atoms with Crippen molar-refractivity contribution in [3.05, 3.63) is 66.5 Å². The molecule has 1 unspecified atom stereocenters. The number of rotatable bonds is 11. The van der Waals surface area contributed by atoms with Crippen molar-refractivity contribution in [1.29, 1.82) is 0 Å². The Morgan fingerprint density at radius 1 is 1.08 bits per heavy atom. The van der Waals surface area contributed by atoms with Crippen molar-refractivity contribution < 1.29 is 27.9 Å². The first-order valence-corrected chi connectivity index (χ1v) is 12.7. The number of nitrogens with one attached hydrogen (secondary N) is 1. The molecule has 1 atom stereocenters. The lowest BCUT2D eigenvalue weighted by atomic mass is 10.1. The maximum atomic E-state index is 13.7. The third-order valence-corrected chi connectivity index (χ3v) is 6.67. The van der Waals surface area contributed by atoms with E-state index in [9.17, 15) is 9.59 Å². The molecule has 0 radical (unpaired) electrons. The van der Waals surface area contributed by atoms with Gasteiger partial charge in [-0.15, -0.1) is 10.2 Å². The van der Waals surface area contributed by atoms with Crippen molar-refractivity contribution in [1.82, 2.24) is 30.4 Å². The number of tetrazole rings is 1. The average Bonchev–Trinajstić information content (AvgIpc) is 3.77. The Balaban J connectivity index is 1.40. The molecule has 12 heteroatoms. The topological polar surface area (TPSA) is 138 Å². The van der Waals surface area contributed by atoms with Gasteiger partial charge >= 0.3 is 0 Å². The molecule has 5 rings (SSSR count). The lowest BCUT2D eigenvalue weighted by Crippen LogP contribution is -2.46. The zero-order valence-electron chi connectivity index (χ0n) is 21.8. The van der Waals surface area contributed by atoms with Crippen LogP contribution in [0.4, 0.5) is 0 Å². The number of furan rings is 2. The molecular formula is C27H30N6O6. The van der Waals surface area contributed by atoms with Crippen LogP contribution in [0.1, 0.15) is 43.2 Å². The second kappa shape index (κ2) is 11.8. The van der Waals surface area contributed by atoms with Gasteiger partial charge in [-0.25, -0.2) is 0 Å². The molecule has 2 amide bonds. The van der Waals surface area contributed by atoms with Gasteiger partial charge in [0.2, 0.25) is 11.7 Å². The monoisotopic (exact) mass is 534 g/mol. The summed E-state index contributed by atoms with van der Waals surface area (Å²) in [4.78, 5) is 29.9. The second-order valence-electron chi connectivity index (χ2n) is 9.22. The molecule has 3 heterocycles. The summed E-state index contributed by atoms with van der Waals surface area (Å²) < 4.78 is 21.8. The fraction of sp³-hybridized carbons (Fsp3) is 0.370. The number of hydrogen-bond acceptors (Lipinski definition) is 9. The van der Waals surface area contributed by atoms with Crippen LogP contribution < -0.4 is 14.8 Å². The van der Waals surface area contributed by atoms with E-state index in [1.165, 1.54) is 29.3 Å². The summed E-state index contributed by atoms with van der Waals surface area (Å²) in [5.74, 6) is 1.54. The van der Waals surface area contributed by atoms with Gasteiger partial charge in [-0.2, -0.15) is 4.80 Å². The van der Waals surface area contributed by atoms with Crippen LogP contribution in [0.15, 0.2) is 63.8 Å². The molecule has 204 valence electrons. The smallest absolute Gasteiger partial charge is 0.250 e. The predicted molar refractivity (Wildman–Crippen MR) is 137 cm³/mol. The van der Waals surface area contributed by atoms with Crippen LogP contribution in [0, 0.1) is 0 Å². The molecular weight excluding hydrogens is 504 g/mol. The number of aromatic nitrogens is 4. The van der Waals surface area contributed by atoms with Gasteiger partial charge in [-0.1, -0.05) is 12.8 Å². The quantitative estimate of drug-likeness (QED) is 0.307. The molecule has 1 saturated carbocycles. The summed E-state index contributed by atoms with van der Waals surface area (Å²) in [6, 6.07) is 11.1. The Bertz CT molecular complexity index is 1380. The van der Waals surface area contributed by atoms with Crippen molar-refractivity contribution in [3.8, 4) is 22.9 Å². The number of hydrogen-bond donors (Lipinski definition) is 1. The highest BCUT2D eigenvalue weighted by atomic mass is 16.5. The van der Waals surface area contributed by atoms with Crippen molar-refractivity contribution >= 4 is 11.8 Å². The van der Waals surface area contributed by atoms with Crippen LogP contribution in [0.3, 0.4) is 0 Å². The number of carbonyl (C=O) groups excluding carboxylic acids is 2. The Morgan fingerprint density at radius 3 is 2.54 bits per heavy atom. The molecule has 0 bridgehead atoms. The van der Waals surface area contributed by atoms with E-state index in [1.54, 1.807) is 49.6 Å². The van der Waals surface area contributed by atoms with Gasteiger partial charge in [0.25, 0.3) is 5.91 Å². The van der Waals surface area contributed by atoms with Gasteiger partial charge in [0.1, 0.15) is 18.1 Å². The highest BCUT2D eigenvalue weighted by molar-refractivity contribution is 5.88. The van der Waals surface area contributed by atoms with Crippen LogP contribution in [-0.2, 0) is 22.7 Å². The summed E-state index contributed by atoms with van der Waals surface area (Å²) in [5, 5.41) is 15.7. The number of carbonyl (C=O) groups is 2. The molecule has 3 aromatic heterocycles. The lowest BCUT2D eigenvalue weighted by molar-refractivity contribution is -0.143. The number of amides is 2. The SMILES string of the molecule is COc1ccc(-c2nnn(CC(=O)N(Cc3ccco3)C(C(=O)NC3CCCC3)c3ccco3)n2)cc1OC. The van der Waals surface area contributed by atoms with Crippen molar-refractivity contribution in [2.45, 2.75) is 50.9 Å². The van der Waals surface area contributed by atoms with E-state index >= 15 is 0 Å². The first-order valence-electron chi connectivity index (χ1n) is 12.7. The summed E-state index contributed by atoms with van der Waals surface area (Å²) in [5.41, 5.74) is 0.642. The van der Waals surface area contributed by atoms with Crippen molar-refractivity contribution in [3.63, 3.8) is 0 Å². The van der Waals surface area contributed by atoms with Crippen LogP contribution in [0.2, 0.25) is 0 Å². The number of ether oxygens (including phenoxy) is 2. The van der Waals surface area contributed by atoms with E-state index in [0.717, 1.165) is 25.7 Å². The molecule has 1 aromatic carbocycles. The fourth-order valence-electron chi connectivity index (χ4n) is 4.73. The standard InChI is InChI=1S/C27H30N6O6/c1-36-21-12-11-18(15-23(21)37-2)26-29-31-33(30-26)17-24(34)32(16-20-9-5-13-38-20)25(22-10-6-14-39-22)27(35)28-19-7-3-4-8-19/h5-6,9-15,19,25H,3-4,7-8,16-17H2,1-2H3,(H,28,35). The van der Waals surface area contributed by atoms with E-state index in [-0.39, 0.29) is 25.0 Å². The van der Waals surface area contributed by atoms with Gasteiger partial charge in [0, 0.05) is 11.6 Å².